The van der Waals surface area contributed by atoms with E-state index in [9.17, 15) is 9.59 Å². The lowest BCUT2D eigenvalue weighted by atomic mass is 9.78. The van der Waals surface area contributed by atoms with E-state index in [0.29, 0.717) is 24.9 Å². The number of piperidine rings is 1. The lowest BCUT2D eigenvalue weighted by Gasteiger charge is -2.39. The molecule has 0 bridgehead atoms. The average Bonchev–Trinajstić information content (AvgIpc) is 3.00. The highest BCUT2D eigenvalue weighted by Gasteiger charge is 2.60. The molecule has 6 heteroatoms. The largest absolute Gasteiger partial charge is 0.381 e. The molecule has 1 spiro atoms. The van der Waals surface area contributed by atoms with Crippen molar-refractivity contribution >= 4 is 11.8 Å². The number of carbonyl (C=O) groups excluding carboxylic acids is 2. The first-order valence-electron chi connectivity index (χ1n) is 9.73. The Hall–Kier alpha value is -1.95. The molecule has 3 saturated heterocycles. The van der Waals surface area contributed by atoms with E-state index in [0.717, 1.165) is 51.1 Å². The fourth-order valence-electron chi connectivity index (χ4n) is 5.27. The smallest absolute Gasteiger partial charge is 0.230 e. The molecule has 4 atom stereocenters. The fourth-order valence-corrected chi connectivity index (χ4v) is 5.27. The van der Waals surface area contributed by atoms with Crippen LogP contribution < -0.4 is 0 Å². The summed E-state index contributed by atoms with van der Waals surface area (Å²) in [5, 5.41) is 0. The Bertz CT molecular complexity index is 714. The van der Waals surface area contributed by atoms with Gasteiger partial charge in [-0.1, -0.05) is 6.07 Å². The summed E-state index contributed by atoms with van der Waals surface area (Å²) in [6.45, 7) is 4.26. The Morgan fingerprint density at radius 3 is 2.88 bits per heavy atom. The summed E-state index contributed by atoms with van der Waals surface area (Å²) in [5.41, 5.74) is 0.698. The maximum Gasteiger partial charge on any atom is 0.230 e. The van der Waals surface area contributed by atoms with Crippen LogP contribution in [0.2, 0.25) is 0 Å². The van der Waals surface area contributed by atoms with E-state index in [1.165, 1.54) is 0 Å². The van der Waals surface area contributed by atoms with Crippen molar-refractivity contribution in [2.75, 3.05) is 32.8 Å². The van der Waals surface area contributed by atoms with Crippen LogP contribution in [0, 0.1) is 23.2 Å². The van der Waals surface area contributed by atoms with Crippen molar-refractivity contribution in [1.29, 1.82) is 0 Å². The van der Waals surface area contributed by atoms with E-state index in [1.54, 1.807) is 6.20 Å². The van der Waals surface area contributed by atoms with Gasteiger partial charge in [0.05, 0.1) is 18.6 Å². The standard InChI is InChI=1S/C20H25N3O3/c24-18(17-15-11-26-12-16(15)17)23-7-2-4-20(13-23)5-8-22(19(20)25)10-14-3-1-6-21-9-14/h1,3,6,9,15-17H,2,4-5,7-8,10-13H2/t15-,16+,17?,20?. The summed E-state index contributed by atoms with van der Waals surface area (Å²) < 4.78 is 5.42. The van der Waals surface area contributed by atoms with Gasteiger partial charge in [0.2, 0.25) is 11.8 Å². The van der Waals surface area contributed by atoms with Gasteiger partial charge < -0.3 is 14.5 Å². The molecule has 6 nitrogen and oxygen atoms in total. The number of rotatable bonds is 3. The molecule has 26 heavy (non-hydrogen) atoms. The minimum absolute atomic E-state index is 0.155. The number of amides is 2. The Kier molecular flexibility index (Phi) is 3.78. The molecule has 4 heterocycles. The van der Waals surface area contributed by atoms with Crippen molar-refractivity contribution < 1.29 is 14.3 Å². The maximum absolute atomic E-state index is 13.2. The number of nitrogens with zero attached hydrogens (tertiary/aromatic N) is 3. The molecule has 0 radical (unpaired) electrons. The summed E-state index contributed by atoms with van der Waals surface area (Å²) >= 11 is 0. The summed E-state index contributed by atoms with van der Waals surface area (Å²) in [5.74, 6) is 1.50. The molecule has 3 aliphatic heterocycles. The predicted molar refractivity (Wildman–Crippen MR) is 93.8 cm³/mol. The van der Waals surface area contributed by atoms with Crippen LogP contribution in [0.25, 0.3) is 0 Å². The second-order valence-electron chi connectivity index (χ2n) is 8.37. The molecule has 2 unspecified atom stereocenters. The number of hydrogen-bond donors (Lipinski definition) is 0. The van der Waals surface area contributed by atoms with Crippen molar-refractivity contribution in [2.24, 2.45) is 23.2 Å². The number of likely N-dealkylation sites (tertiary alicyclic amines) is 2. The molecule has 138 valence electrons. The molecule has 1 saturated carbocycles. The molecule has 0 aromatic carbocycles. The molecule has 2 amide bonds. The van der Waals surface area contributed by atoms with Gasteiger partial charge in [0, 0.05) is 44.5 Å². The van der Waals surface area contributed by atoms with Gasteiger partial charge in [-0.05, 0) is 42.7 Å². The van der Waals surface area contributed by atoms with Crippen molar-refractivity contribution in [3.63, 3.8) is 0 Å². The monoisotopic (exact) mass is 355 g/mol. The van der Waals surface area contributed by atoms with Gasteiger partial charge in [-0.25, -0.2) is 0 Å². The third-order valence-corrected chi connectivity index (χ3v) is 6.82. The zero-order valence-corrected chi connectivity index (χ0v) is 15.0. The van der Waals surface area contributed by atoms with E-state index in [2.05, 4.69) is 4.98 Å². The van der Waals surface area contributed by atoms with Crippen molar-refractivity contribution in [3.8, 4) is 0 Å². The molecule has 0 N–H and O–H groups in total. The van der Waals surface area contributed by atoms with Gasteiger partial charge in [0.1, 0.15) is 0 Å². The Morgan fingerprint density at radius 2 is 2.12 bits per heavy atom. The number of fused-ring (bicyclic) bond motifs is 1. The second kappa shape index (κ2) is 6.05. The van der Waals surface area contributed by atoms with Crippen LogP contribution in [0.4, 0.5) is 0 Å². The quantitative estimate of drug-likeness (QED) is 0.820. The molecule has 1 aromatic rings. The van der Waals surface area contributed by atoms with Gasteiger partial charge in [0.15, 0.2) is 0 Å². The van der Waals surface area contributed by atoms with Crippen LogP contribution in [-0.2, 0) is 20.9 Å². The van der Waals surface area contributed by atoms with Crippen LogP contribution in [0.1, 0.15) is 24.8 Å². The number of aromatic nitrogens is 1. The number of pyridine rings is 1. The van der Waals surface area contributed by atoms with Crippen molar-refractivity contribution in [1.82, 2.24) is 14.8 Å². The first-order valence-corrected chi connectivity index (χ1v) is 9.73. The van der Waals surface area contributed by atoms with E-state index in [-0.39, 0.29) is 23.1 Å². The third kappa shape index (κ3) is 2.54. The predicted octanol–water partition coefficient (Wildman–Crippen LogP) is 1.32. The highest BCUT2D eigenvalue weighted by Crippen LogP contribution is 2.52. The zero-order valence-electron chi connectivity index (χ0n) is 15.0. The normalized spacial score (nSPS) is 35.8. The van der Waals surface area contributed by atoms with Crippen LogP contribution in [0.3, 0.4) is 0 Å². The topological polar surface area (TPSA) is 62.7 Å². The molecular weight excluding hydrogens is 330 g/mol. The SMILES string of the molecule is O=C(C1[C@H]2COC[C@@H]12)N1CCCC2(CCN(Cc3cccnc3)C2=O)C1. The van der Waals surface area contributed by atoms with Gasteiger partial charge in [-0.2, -0.15) is 0 Å². The molecule has 4 aliphatic rings. The molecule has 1 aromatic heterocycles. The van der Waals surface area contributed by atoms with Crippen molar-refractivity contribution in [2.45, 2.75) is 25.8 Å². The molecule has 1 aliphatic carbocycles. The zero-order chi connectivity index (χ0) is 17.7. The van der Waals surface area contributed by atoms with E-state index >= 15 is 0 Å². The van der Waals surface area contributed by atoms with Gasteiger partial charge in [-0.3, -0.25) is 14.6 Å². The molecular formula is C20H25N3O3. The summed E-state index contributed by atoms with van der Waals surface area (Å²) in [4.78, 5) is 34.2. The molecule has 4 fully saturated rings. The van der Waals surface area contributed by atoms with Crippen molar-refractivity contribution in [3.05, 3.63) is 30.1 Å². The minimum Gasteiger partial charge on any atom is -0.381 e. The first-order chi connectivity index (χ1) is 12.7. The van der Waals surface area contributed by atoms with Crippen LogP contribution in [0.15, 0.2) is 24.5 Å². The van der Waals surface area contributed by atoms with Crippen LogP contribution in [-0.4, -0.2) is 59.4 Å². The average molecular weight is 355 g/mol. The maximum atomic E-state index is 13.2. The van der Waals surface area contributed by atoms with E-state index in [4.69, 9.17) is 4.74 Å². The lowest BCUT2D eigenvalue weighted by Crippen LogP contribution is -2.50. The third-order valence-electron chi connectivity index (χ3n) is 6.82. The highest BCUT2D eigenvalue weighted by atomic mass is 16.5. The van der Waals surface area contributed by atoms with Gasteiger partial charge in [0.25, 0.3) is 0 Å². The number of hydrogen-bond acceptors (Lipinski definition) is 4. The molecule has 5 rings (SSSR count). The second-order valence-corrected chi connectivity index (χ2v) is 8.37. The Labute approximate surface area is 153 Å². The summed E-state index contributed by atoms with van der Waals surface area (Å²) in [7, 11) is 0. The van der Waals surface area contributed by atoms with E-state index in [1.807, 2.05) is 28.1 Å². The Balaban J connectivity index is 1.27. The first kappa shape index (κ1) is 16.2. The lowest BCUT2D eigenvalue weighted by molar-refractivity contribution is -0.145. The number of carbonyl (C=O) groups is 2. The van der Waals surface area contributed by atoms with Crippen LogP contribution >= 0.6 is 0 Å². The summed E-state index contributed by atoms with van der Waals surface area (Å²) in [6.07, 6.45) is 6.26. The minimum atomic E-state index is -0.364. The van der Waals surface area contributed by atoms with Gasteiger partial charge >= 0.3 is 0 Å². The van der Waals surface area contributed by atoms with E-state index < -0.39 is 0 Å². The Morgan fingerprint density at radius 1 is 1.27 bits per heavy atom. The highest BCUT2D eigenvalue weighted by molar-refractivity contribution is 5.87. The summed E-state index contributed by atoms with van der Waals surface area (Å²) in [6, 6.07) is 3.92. The number of ether oxygens (including phenoxy) is 1. The fraction of sp³-hybridized carbons (Fsp3) is 0.650. The van der Waals surface area contributed by atoms with Gasteiger partial charge in [-0.15, -0.1) is 0 Å². The van der Waals surface area contributed by atoms with Crippen LogP contribution in [0.5, 0.6) is 0 Å².